The highest BCUT2D eigenvalue weighted by molar-refractivity contribution is 6.32. The zero-order valence-corrected chi connectivity index (χ0v) is 33.3. The van der Waals surface area contributed by atoms with Crippen LogP contribution in [0.4, 0.5) is 0 Å². The van der Waals surface area contributed by atoms with Crippen LogP contribution < -0.4 is 0 Å². The van der Waals surface area contributed by atoms with Crippen LogP contribution in [0, 0.1) is 0 Å². The Kier molecular flexibility index (Phi) is 6.84. The molecule has 12 rings (SSSR count). The van der Waals surface area contributed by atoms with E-state index in [4.69, 9.17) is 0 Å². The first-order valence-corrected chi connectivity index (χ1v) is 20.7. The molecule has 0 amide bonds. The number of benzene rings is 10. The lowest BCUT2D eigenvalue weighted by molar-refractivity contribution is 0.694. The van der Waals surface area contributed by atoms with Gasteiger partial charge in [-0.15, -0.1) is 0 Å². The van der Waals surface area contributed by atoms with Crippen LogP contribution in [0.2, 0.25) is 0 Å². The van der Waals surface area contributed by atoms with E-state index in [1.165, 1.54) is 121 Å². The van der Waals surface area contributed by atoms with Gasteiger partial charge in [0.1, 0.15) is 0 Å². The highest BCUT2D eigenvalue weighted by atomic mass is 14.5. The Morgan fingerprint density at radius 1 is 0.276 bits per heavy atom. The van der Waals surface area contributed by atoms with Gasteiger partial charge in [-0.1, -0.05) is 185 Å². The van der Waals surface area contributed by atoms with Crippen LogP contribution in [0.1, 0.15) is 49.9 Å². The van der Waals surface area contributed by atoms with Crippen LogP contribution in [0.15, 0.2) is 182 Å². The van der Waals surface area contributed by atoms with Crippen molar-refractivity contribution in [2.45, 2.75) is 38.5 Å². The molecule has 0 saturated carbocycles. The summed E-state index contributed by atoms with van der Waals surface area (Å²) in [6.45, 7) is 9.70. The molecule has 0 spiro atoms. The first kappa shape index (κ1) is 33.4. The molecule has 2 aliphatic carbocycles. The van der Waals surface area contributed by atoms with Gasteiger partial charge in [0.25, 0.3) is 0 Å². The molecule has 0 radical (unpaired) electrons. The third kappa shape index (κ3) is 4.52. The molecular formula is C58H42. The predicted octanol–water partition coefficient (Wildman–Crippen LogP) is 15.9. The van der Waals surface area contributed by atoms with Crippen LogP contribution in [-0.4, -0.2) is 0 Å². The van der Waals surface area contributed by atoms with Crippen LogP contribution >= 0.6 is 0 Å². The fourth-order valence-corrected chi connectivity index (χ4v) is 11.1. The van der Waals surface area contributed by atoms with E-state index in [-0.39, 0.29) is 10.8 Å². The minimum Gasteiger partial charge on any atom is -0.0622 e. The van der Waals surface area contributed by atoms with E-state index < -0.39 is 0 Å². The van der Waals surface area contributed by atoms with Crippen molar-refractivity contribution in [1.82, 2.24) is 0 Å². The summed E-state index contributed by atoms with van der Waals surface area (Å²) >= 11 is 0. The van der Waals surface area contributed by atoms with E-state index in [1.807, 2.05) is 0 Å². The van der Waals surface area contributed by atoms with E-state index in [2.05, 4.69) is 210 Å². The Morgan fingerprint density at radius 2 is 0.707 bits per heavy atom. The van der Waals surface area contributed by atoms with Crippen molar-refractivity contribution in [2.24, 2.45) is 0 Å². The van der Waals surface area contributed by atoms with Crippen molar-refractivity contribution in [2.75, 3.05) is 0 Å². The normalized spacial score (nSPS) is 15.1. The molecule has 274 valence electrons. The summed E-state index contributed by atoms with van der Waals surface area (Å²) in [6.07, 6.45) is 0. The number of rotatable bonds is 4. The monoisotopic (exact) mass is 738 g/mol. The molecule has 0 atom stereocenters. The SMILES string of the molecule is CC1(C)C2=C(c3ccccc31)C(C)(C)c1cc(-c3cc(-c4ccccc4)c4ccc5c(-c6ccc7ccccc7c6)cc(-c6ccccc6)c6ccc3c4c65)ccc12. The van der Waals surface area contributed by atoms with Crippen LogP contribution in [-0.2, 0) is 10.8 Å². The summed E-state index contributed by atoms with van der Waals surface area (Å²) in [4.78, 5) is 0. The van der Waals surface area contributed by atoms with Gasteiger partial charge in [0.05, 0.1) is 0 Å². The summed E-state index contributed by atoms with van der Waals surface area (Å²) in [5.74, 6) is 0. The van der Waals surface area contributed by atoms with Gasteiger partial charge >= 0.3 is 0 Å². The Labute approximate surface area is 340 Å². The van der Waals surface area contributed by atoms with E-state index in [0.717, 1.165) is 0 Å². The molecule has 0 nitrogen and oxygen atoms in total. The van der Waals surface area contributed by atoms with Crippen molar-refractivity contribution in [3.8, 4) is 44.5 Å². The summed E-state index contributed by atoms with van der Waals surface area (Å²) < 4.78 is 0. The highest BCUT2D eigenvalue weighted by Crippen LogP contribution is 2.63. The molecule has 2 aliphatic rings. The van der Waals surface area contributed by atoms with Crippen molar-refractivity contribution in [3.05, 3.63) is 204 Å². The lowest BCUT2D eigenvalue weighted by Gasteiger charge is -2.28. The zero-order chi connectivity index (χ0) is 38.9. The molecule has 0 saturated heterocycles. The molecule has 0 heterocycles. The lowest BCUT2D eigenvalue weighted by Crippen LogP contribution is -2.19. The van der Waals surface area contributed by atoms with E-state index >= 15 is 0 Å². The molecule has 10 aromatic rings. The first-order valence-electron chi connectivity index (χ1n) is 20.7. The van der Waals surface area contributed by atoms with Gasteiger partial charge < -0.3 is 0 Å². The smallest absolute Gasteiger partial charge is 0.0162 e. The summed E-state index contributed by atoms with van der Waals surface area (Å²) in [7, 11) is 0. The van der Waals surface area contributed by atoms with Crippen molar-refractivity contribution < 1.29 is 0 Å². The van der Waals surface area contributed by atoms with E-state index in [0.29, 0.717) is 0 Å². The zero-order valence-electron chi connectivity index (χ0n) is 33.3. The summed E-state index contributed by atoms with van der Waals surface area (Å²) in [6, 6.07) is 68.6. The minimum atomic E-state index is -0.129. The minimum absolute atomic E-state index is 0.0529. The molecule has 0 fully saturated rings. The highest BCUT2D eigenvalue weighted by Gasteiger charge is 2.49. The maximum atomic E-state index is 2.53. The van der Waals surface area contributed by atoms with Crippen molar-refractivity contribution in [1.29, 1.82) is 0 Å². The summed E-state index contributed by atoms with van der Waals surface area (Å²) in [5, 5.41) is 10.3. The maximum absolute atomic E-state index is 2.53. The first-order chi connectivity index (χ1) is 28.3. The van der Waals surface area contributed by atoms with E-state index in [9.17, 15) is 0 Å². The lowest BCUT2D eigenvalue weighted by atomic mass is 9.75. The van der Waals surface area contributed by atoms with Crippen LogP contribution in [0.25, 0.3) is 98.7 Å². The third-order valence-corrected chi connectivity index (χ3v) is 13.8. The molecule has 58 heavy (non-hydrogen) atoms. The molecule has 0 heteroatoms. The van der Waals surface area contributed by atoms with Gasteiger partial charge in [-0.25, -0.2) is 0 Å². The molecule has 0 unspecified atom stereocenters. The molecule has 0 aliphatic heterocycles. The maximum Gasteiger partial charge on any atom is 0.0162 e. The number of fused-ring (bicyclic) bond motifs is 5. The topological polar surface area (TPSA) is 0 Å². The Morgan fingerprint density at radius 3 is 1.29 bits per heavy atom. The van der Waals surface area contributed by atoms with Gasteiger partial charge in [0.15, 0.2) is 0 Å². The predicted molar refractivity (Wildman–Crippen MR) is 249 cm³/mol. The molecule has 10 aromatic carbocycles. The Hall–Kier alpha value is -6.76. The van der Waals surface area contributed by atoms with Crippen molar-refractivity contribution in [3.63, 3.8) is 0 Å². The molecular weight excluding hydrogens is 697 g/mol. The number of hydrogen-bond acceptors (Lipinski definition) is 0. The molecule has 0 bridgehead atoms. The Bertz CT molecular complexity index is 3360. The van der Waals surface area contributed by atoms with Crippen LogP contribution in [0.3, 0.4) is 0 Å². The molecule has 0 aromatic heterocycles. The average Bonchev–Trinajstić information content (AvgIpc) is 3.66. The number of hydrogen-bond donors (Lipinski definition) is 0. The third-order valence-electron chi connectivity index (χ3n) is 13.8. The second-order valence-corrected chi connectivity index (χ2v) is 17.6. The second-order valence-electron chi connectivity index (χ2n) is 17.6. The van der Waals surface area contributed by atoms with Crippen molar-refractivity contribution >= 4 is 54.2 Å². The van der Waals surface area contributed by atoms with Gasteiger partial charge in [0.2, 0.25) is 0 Å². The summed E-state index contributed by atoms with van der Waals surface area (Å²) in [5.41, 5.74) is 18.6. The number of allylic oxidation sites excluding steroid dienone is 2. The fraction of sp³-hybridized carbons (Fsp3) is 0.103. The second kappa shape index (κ2) is 11.9. The standard InChI is InChI=1S/C58H42/c1-57(2)51-22-14-13-21-45(51)55-56(57)46-26-25-40(32-52(46)58(55,3)4)50-34-48(37-18-9-6-10-19-37)42-27-29-43-49(39-24-23-35-15-11-12-20-38(35)31-39)33-47(36-16-7-5-8-17-36)41-28-30-44(50)54(42)53(41)43/h5-34H,1-4H3. The van der Waals surface area contributed by atoms with Gasteiger partial charge in [0, 0.05) is 10.8 Å². The fourth-order valence-electron chi connectivity index (χ4n) is 11.1. The van der Waals surface area contributed by atoms with E-state index in [1.54, 1.807) is 0 Å². The van der Waals surface area contributed by atoms with Gasteiger partial charge in [-0.05, 0) is 145 Å². The quantitative estimate of drug-likeness (QED) is 0.158. The molecule has 0 N–H and O–H groups in total. The average molecular weight is 739 g/mol. The van der Waals surface area contributed by atoms with Gasteiger partial charge in [-0.3, -0.25) is 0 Å². The van der Waals surface area contributed by atoms with Crippen LogP contribution in [0.5, 0.6) is 0 Å². The van der Waals surface area contributed by atoms with Gasteiger partial charge in [-0.2, -0.15) is 0 Å². The Balaban J connectivity index is 1.16. The largest absolute Gasteiger partial charge is 0.0622 e.